The molecule has 0 spiro atoms. The SMILES string of the molecule is Cc1c(C(=O)O)cc2cccn2c1N(C)C1CCOCC1. The Balaban J connectivity index is 2.12. The van der Waals surface area contributed by atoms with Crippen LogP contribution in [0.5, 0.6) is 0 Å². The van der Waals surface area contributed by atoms with Crippen molar-refractivity contribution in [3.05, 3.63) is 35.5 Å². The highest BCUT2D eigenvalue weighted by molar-refractivity contribution is 5.92. The average molecular weight is 288 g/mol. The highest BCUT2D eigenvalue weighted by Crippen LogP contribution is 2.29. The third-order valence-corrected chi connectivity index (χ3v) is 4.34. The van der Waals surface area contributed by atoms with Gasteiger partial charge in [-0.3, -0.25) is 0 Å². The lowest BCUT2D eigenvalue weighted by Crippen LogP contribution is -2.38. The summed E-state index contributed by atoms with van der Waals surface area (Å²) in [4.78, 5) is 13.7. The quantitative estimate of drug-likeness (QED) is 0.943. The van der Waals surface area contributed by atoms with E-state index in [-0.39, 0.29) is 0 Å². The van der Waals surface area contributed by atoms with Crippen LogP contribution in [-0.2, 0) is 4.74 Å². The summed E-state index contributed by atoms with van der Waals surface area (Å²) < 4.78 is 7.49. The van der Waals surface area contributed by atoms with Gasteiger partial charge < -0.3 is 19.1 Å². The number of aromatic carboxylic acids is 1. The predicted molar refractivity (Wildman–Crippen MR) is 81.3 cm³/mol. The summed E-state index contributed by atoms with van der Waals surface area (Å²) in [6.45, 7) is 3.41. The van der Waals surface area contributed by atoms with Gasteiger partial charge in [-0.1, -0.05) is 0 Å². The van der Waals surface area contributed by atoms with Crippen molar-refractivity contribution in [1.29, 1.82) is 0 Å². The van der Waals surface area contributed by atoms with Gasteiger partial charge >= 0.3 is 5.97 Å². The van der Waals surface area contributed by atoms with Gasteiger partial charge in [0.25, 0.3) is 0 Å². The van der Waals surface area contributed by atoms with Crippen molar-refractivity contribution in [1.82, 2.24) is 4.40 Å². The Hall–Kier alpha value is -2.01. The molecular formula is C16H20N2O3. The summed E-state index contributed by atoms with van der Waals surface area (Å²) in [7, 11) is 2.05. The number of hydrogen-bond donors (Lipinski definition) is 1. The topological polar surface area (TPSA) is 54.2 Å². The molecule has 2 aromatic heterocycles. The minimum Gasteiger partial charge on any atom is -0.478 e. The van der Waals surface area contributed by atoms with Crippen molar-refractivity contribution in [2.45, 2.75) is 25.8 Å². The molecule has 0 radical (unpaired) electrons. The average Bonchev–Trinajstić information content (AvgIpc) is 2.94. The van der Waals surface area contributed by atoms with Crippen LogP contribution in [0.3, 0.4) is 0 Å². The second-order valence-electron chi connectivity index (χ2n) is 5.57. The van der Waals surface area contributed by atoms with Crippen LogP contribution in [0.25, 0.3) is 5.52 Å². The van der Waals surface area contributed by atoms with Crippen molar-refractivity contribution in [2.75, 3.05) is 25.2 Å². The van der Waals surface area contributed by atoms with Crippen LogP contribution in [0.2, 0.25) is 0 Å². The minimum atomic E-state index is -0.877. The fraction of sp³-hybridized carbons (Fsp3) is 0.438. The summed E-state index contributed by atoms with van der Waals surface area (Å²) in [5, 5.41) is 9.43. The summed E-state index contributed by atoms with van der Waals surface area (Å²) >= 11 is 0. The first-order valence-corrected chi connectivity index (χ1v) is 7.24. The first-order chi connectivity index (χ1) is 10.1. The van der Waals surface area contributed by atoms with Gasteiger partial charge in [-0.25, -0.2) is 4.79 Å². The van der Waals surface area contributed by atoms with Gasteiger partial charge in [-0.15, -0.1) is 0 Å². The minimum absolute atomic E-state index is 0.370. The van der Waals surface area contributed by atoms with Crippen LogP contribution >= 0.6 is 0 Å². The number of anilines is 1. The molecule has 5 heteroatoms. The normalized spacial score (nSPS) is 16.3. The molecule has 1 fully saturated rings. The number of ether oxygens (including phenoxy) is 1. The van der Waals surface area contributed by atoms with Gasteiger partial charge in [0, 0.05) is 43.6 Å². The molecule has 2 aromatic rings. The molecule has 112 valence electrons. The van der Waals surface area contributed by atoms with Gasteiger partial charge in [0.2, 0.25) is 0 Å². The maximum absolute atomic E-state index is 11.5. The molecule has 0 amide bonds. The van der Waals surface area contributed by atoms with E-state index in [4.69, 9.17) is 4.74 Å². The second-order valence-corrected chi connectivity index (χ2v) is 5.57. The largest absolute Gasteiger partial charge is 0.478 e. The van der Waals surface area contributed by atoms with E-state index in [1.165, 1.54) is 0 Å². The molecule has 0 saturated carbocycles. The van der Waals surface area contributed by atoms with Crippen molar-refractivity contribution in [3.63, 3.8) is 0 Å². The van der Waals surface area contributed by atoms with Crippen LogP contribution in [0.15, 0.2) is 24.4 Å². The summed E-state index contributed by atoms with van der Waals surface area (Å²) in [6, 6.07) is 6.00. The van der Waals surface area contributed by atoms with E-state index in [9.17, 15) is 9.90 Å². The molecular weight excluding hydrogens is 268 g/mol. The van der Waals surface area contributed by atoms with Crippen LogP contribution in [0, 0.1) is 6.92 Å². The van der Waals surface area contributed by atoms with E-state index in [1.807, 2.05) is 32.3 Å². The lowest BCUT2D eigenvalue weighted by atomic mass is 10.0. The molecule has 1 aliphatic heterocycles. The molecule has 1 aliphatic rings. The third-order valence-electron chi connectivity index (χ3n) is 4.34. The van der Waals surface area contributed by atoms with Gasteiger partial charge in [-0.2, -0.15) is 0 Å². The molecule has 0 unspecified atom stereocenters. The van der Waals surface area contributed by atoms with E-state index < -0.39 is 5.97 Å². The van der Waals surface area contributed by atoms with Crippen molar-refractivity contribution >= 4 is 17.3 Å². The van der Waals surface area contributed by atoms with Gasteiger partial charge in [0.05, 0.1) is 5.56 Å². The molecule has 1 saturated heterocycles. The second kappa shape index (κ2) is 5.41. The Kier molecular flexibility index (Phi) is 3.59. The predicted octanol–water partition coefficient (Wildman–Crippen LogP) is 2.56. The number of aromatic nitrogens is 1. The van der Waals surface area contributed by atoms with Crippen LogP contribution in [-0.4, -0.2) is 41.8 Å². The molecule has 3 rings (SSSR count). The highest BCUT2D eigenvalue weighted by atomic mass is 16.5. The monoisotopic (exact) mass is 288 g/mol. The molecule has 0 atom stereocenters. The molecule has 3 heterocycles. The van der Waals surface area contributed by atoms with Gasteiger partial charge in [-0.05, 0) is 38.0 Å². The molecule has 5 nitrogen and oxygen atoms in total. The molecule has 1 N–H and O–H groups in total. The number of carboxylic acids is 1. The summed E-state index contributed by atoms with van der Waals surface area (Å²) in [6.07, 6.45) is 3.92. The number of carboxylic acid groups (broad SMARTS) is 1. The Morgan fingerprint density at radius 2 is 2.14 bits per heavy atom. The molecule has 0 bridgehead atoms. The van der Waals surface area contributed by atoms with E-state index >= 15 is 0 Å². The maximum Gasteiger partial charge on any atom is 0.336 e. The lowest BCUT2D eigenvalue weighted by Gasteiger charge is -2.34. The highest BCUT2D eigenvalue weighted by Gasteiger charge is 2.24. The van der Waals surface area contributed by atoms with E-state index in [0.717, 1.165) is 43.0 Å². The smallest absolute Gasteiger partial charge is 0.336 e. The number of pyridine rings is 1. The van der Waals surface area contributed by atoms with Crippen LogP contribution < -0.4 is 4.90 Å². The van der Waals surface area contributed by atoms with Crippen LogP contribution in [0.1, 0.15) is 28.8 Å². The Labute approximate surface area is 123 Å². The van der Waals surface area contributed by atoms with Crippen LogP contribution in [0.4, 0.5) is 5.82 Å². The first-order valence-electron chi connectivity index (χ1n) is 7.24. The number of carbonyl (C=O) groups is 1. The fourth-order valence-electron chi connectivity index (χ4n) is 3.16. The fourth-order valence-corrected chi connectivity index (χ4v) is 3.16. The maximum atomic E-state index is 11.5. The van der Waals surface area contributed by atoms with E-state index in [1.54, 1.807) is 6.07 Å². The number of rotatable bonds is 3. The molecule has 0 aromatic carbocycles. The Bertz CT molecular complexity index is 671. The van der Waals surface area contributed by atoms with Gasteiger partial charge in [0.15, 0.2) is 0 Å². The molecule has 21 heavy (non-hydrogen) atoms. The van der Waals surface area contributed by atoms with Crippen molar-refractivity contribution in [3.8, 4) is 0 Å². The Morgan fingerprint density at radius 3 is 2.81 bits per heavy atom. The summed E-state index contributed by atoms with van der Waals surface area (Å²) in [5.74, 6) is 0.0830. The van der Waals surface area contributed by atoms with E-state index in [2.05, 4.69) is 9.30 Å². The number of nitrogens with zero attached hydrogens (tertiary/aromatic N) is 2. The number of fused-ring (bicyclic) bond motifs is 1. The summed E-state index contributed by atoms with van der Waals surface area (Å²) in [5.41, 5.74) is 2.09. The zero-order chi connectivity index (χ0) is 15.0. The van der Waals surface area contributed by atoms with E-state index in [0.29, 0.717) is 11.6 Å². The van der Waals surface area contributed by atoms with Crippen molar-refractivity contribution in [2.24, 2.45) is 0 Å². The molecule has 0 aliphatic carbocycles. The van der Waals surface area contributed by atoms with Crippen molar-refractivity contribution < 1.29 is 14.6 Å². The van der Waals surface area contributed by atoms with Gasteiger partial charge in [0.1, 0.15) is 5.82 Å². The zero-order valence-electron chi connectivity index (χ0n) is 12.4. The third kappa shape index (κ3) is 2.38. The number of hydrogen-bond acceptors (Lipinski definition) is 3. The standard InChI is InChI=1S/C16H20N2O3/c1-11-14(16(19)20)10-13-4-3-7-18(13)15(11)17(2)12-5-8-21-9-6-12/h3-4,7,10,12H,5-6,8-9H2,1-2H3,(H,19,20). The lowest BCUT2D eigenvalue weighted by molar-refractivity contribution is 0.0695. The zero-order valence-corrected chi connectivity index (χ0v) is 12.4. The Morgan fingerprint density at radius 1 is 1.43 bits per heavy atom. The first kappa shape index (κ1) is 13.9.